The zero-order chi connectivity index (χ0) is 13.5. The minimum atomic E-state index is 0.438. The Morgan fingerprint density at radius 3 is 2.65 bits per heavy atom. The van der Waals surface area contributed by atoms with Gasteiger partial charge in [-0.15, -0.1) is 0 Å². The normalized spacial score (nSPS) is 36.9. The molecule has 2 bridgehead atoms. The molecule has 1 heteroatoms. The number of aryl methyl sites for hydroxylation is 1. The highest BCUT2D eigenvalue weighted by Crippen LogP contribution is 2.50. The first-order chi connectivity index (χ1) is 9.79. The molecule has 4 rings (SSSR count). The fourth-order valence-electron chi connectivity index (χ4n) is 5.30. The Hall–Kier alpha value is -0.820. The molecule has 0 saturated heterocycles. The molecule has 5 unspecified atom stereocenters. The molecule has 3 aliphatic rings. The number of fused-ring (bicyclic) bond motifs is 3. The Kier molecular flexibility index (Phi) is 3.34. The molecule has 0 aliphatic heterocycles. The van der Waals surface area contributed by atoms with E-state index in [4.69, 9.17) is 5.73 Å². The van der Waals surface area contributed by atoms with Crippen LogP contribution >= 0.6 is 0 Å². The average Bonchev–Trinajstić information content (AvgIpc) is 3.09. The highest BCUT2D eigenvalue weighted by atomic mass is 14.7. The van der Waals surface area contributed by atoms with Crippen LogP contribution in [-0.2, 0) is 12.8 Å². The molecule has 2 N–H and O–H groups in total. The quantitative estimate of drug-likeness (QED) is 0.883. The molecule has 0 amide bonds. The van der Waals surface area contributed by atoms with Crippen molar-refractivity contribution >= 4 is 0 Å². The van der Waals surface area contributed by atoms with E-state index in [1.54, 1.807) is 11.1 Å². The second-order valence-electron chi connectivity index (χ2n) is 7.61. The molecule has 2 saturated carbocycles. The monoisotopic (exact) mass is 269 g/mol. The van der Waals surface area contributed by atoms with Crippen molar-refractivity contribution in [3.05, 3.63) is 35.4 Å². The van der Waals surface area contributed by atoms with Crippen LogP contribution in [0.2, 0.25) is 0 Å². The van der Waals surface area contributed by atoms with Crippen molar-refractivity contribution in [1.82, 2.24) is 0 Å². The predicted molar refractivity (Wildman–Crippen MR) is 83.5 cm³/mol. The highest BCUT2D eigenvalue weighted by molar-refractivity contribution is 5.30. The summed E-state index contributed by atoms with van der Waals surface area (Å²) in [6.07, 6.45) is 11.1. The van der Waals surface area contributed by atoms with E-state index in [0.717, 1.165) is 23.7 Å². The molecule has 20 heavy (non-hydrogen) atoms. The lowest BCUT2D eigenvalue weighted by atomic mass is 9.75. The van der Waals surface area contributed by atoms with Crippen molar-refractivity contribution in [2.75, 3.05) is 0 Å². The highest BCUT2D eigenvalue weighted by Gasteiger charge is 2.40. The van der Waals surface area contributed by atoms with Gasteiger partial charge in [-0.2, -0.15) is 0 Å². The zero-order valence-corrected chi connectivity index (χ0v) is 12.4. The number of hydrogen-bond acceptors (Lipinski definition) is 1. The second kappa shape index (κ2) is 5.18. The van der Waals surface area contributed by atoms with Crippen LogP contribution in [0.4, 0.5) is 0 Å². The lowest BCUT2D eigenvalue weighted by Gasteiger charge is -2.32. The van der Waals surface area contributed by atoms with Gasteiger partial charge >= 0.3 is 0 Å². The molecule has 0 heterocycles. The maximum Gasteiger partial charge on any atom is 0.00731 e. The van der Waals surface area contributed by atoms with Gasteiger partial charge in [0.1, 0.15) is 0 Å². The lowest BCUT2D eigenvalue weighted by Crippen LogP contribution is -2.36. The van der Waals surface area contributed by atoms with Crippen molar-refractivity contribution in [2.24, 2.45) is 29.4 Å². The Morgan fingerprint density at radius 2 is 1.90 bits per heavy atom. The van der Waals surface area contributed by atoms with Gasteiger partial charge in [0.05, 0.1) is 0 Å². The smallest absolute Gasteiger partial charge is 0.00731 e. The molecule has 2 fully saturated rings. The van der Waals surface area contributed by atoms with Crippen LogP contribution in [0.3, 0.4) is 0 Å². The first-order valence-corrected chi connectivity index (χ1v) is 8.62. The third-order valence-electron chi connectivity index (χ3n) is 6.45. The van der Waals surface area contributed by atoms with Gasteiger partial charge in [-0.3, -0.25) is 0 Å². The molecule has 3 aliphatic carbocycles. The zero-order valence-electron chi connectivity index (χ0n) is 12.4. The Balaban J connectivity index is 1.39. The summed E-state index contributed by atoms with van der Waals surface area (Å²) in [5, 5.41) is 0. The first-order valence-electron chi connectivity index (χ1n) is 8.62. The van der Waals surface area contributed by atoms with Crippen LogP contribution in [-0.4, -0.2) is 6.04 Å². The summed E-state index contributed by atoms with van der Waals surface area (Å²) in [6.45, 7) is 0. The van der Waals surface area contributed by atoms with E-state index in [0.29, 0.717) is 6.04 Å². The molecule has 0 spiro atoms. The lowest BCUT2D eigenvalue weighted by molar-refractivity contribution is 0.252. The van der Waals surface area contributed by atoms with Crippen LogP contribution < -0.4 is 5.73 Å². The van der Waals surface area contributed by atoms with Gasteiger partial charge in [0, 0.05) is 6.04 Å². The first kappa shape index (κ1) is 12.9. The van der Waals surface area contributed by atoms with Crippen molar-refractivity contribution in [2.45, 2.75) is 57.4 Å². The SMILES string of the molecule is NC(CC1CC2CCC1C2)C1CCc2ccccc2C1. The van der Waals surface area contributed by atoms with Gasteiger partial charge in [-0.1, -0.05) is 30.7 Å². The standard InChI is InChI=1S/C19H27N/c20-19(12-18-10-13-5-6-16(18)9-13)17-8-7-14-3-1-2-4-15(14)11-17/h1-4,13,16-19H,5-12,20H2. The van der Waals surface area contributed by atoms with Crippen molar-refractivity contribution < 1.29 is 0 Å². The summed E-state index contributed by atoms with van der Waals surface area (Å²) in [6, 6.07) is 9.41. The van der Waals surface area contributed by atoms with Crippen LogP contribution in [0.25, 0.3) is 0 Å². The third-order valence-corrected chi connectivity index (χ3v) is 6.45. The van der Waals surface area contributed by atoms with Crippen molar-refractivity contribution in [3.63, 3.8) is 0 Å². The molecular formula is C19H27N. The summed E-state index contributed by atoms with van der Waals surface area (Å²) >= 11 is 0. The molecule has 5 atom stereocenters. The third kappa shape index (κ3) is 2.30. The largest absolute Gasteiger partial charge is 0.327 e. The maximum absolute atomic E-state index is 6.62. The van der Waals surface area contributed by atoms with Crippen LogP contribution in [0, 0.1) is 23.7 Å². The van der Waals surface area contributed by atoms with Crippen LogP contribution in [0.15, 0.2) is 24.3 Å². The summed E-state index contributed by atoms with van der Waals surface area (Å²) < 4.78 is 0. The Morgan fingerprint density at radius 1 is 1.05 bits per heavy atom. The fraction of sp³-hybridized carbons (Fsp3) is 0.684. The predicted octanol–water partition coefficient (Wildman–Crippen LogP) is 3.95. The van der Waals surface area contributed by atoms with E-state index in [9.17, 15) is 0 Å². The summed E-state index contributed by atoms with van der Waals surface area (Å²) in [4.78, 5) is 0. The summed E-state index contributed by atoms with van der Waals surface area (Å²) in [5.74, 6) is 3.77. The number of benzene rings is 1. The van der Waals surface area contributed by atoms with Crippen molar-refractivity contribution in [3.8, 4) is 0 Å². The molecule has 1 aromatic carbocycles. The van der Waals surface area contributed by atoms with Crippen molar-refractivity contribution in [1.29, 1.82) is 0 Å². The van der Waals surface area contributed by atoms with Gasteiger partial charge in [0.15, 0.2) is 0 Å². The molecule has 108 valence electrons. The van der Waals surface area contributed by atoms with Gasteiger partial charge in [0.2, 0.25) is 0 Å². The second-order valence-corrected chi connectivity index (χ2v) is 7.61. The Labute approximate surface area is 122 Å². The van der Waals surface area contributed by atoms with Crippen LogP contribution in [0.5, 0.6) is 0 Å². The van der Waals surface area contributed by atoms with E-state index >= 15 is 0 Å². The van der Waals surface area contributed by atoms with E-state index in [1.807, 2.05) is 0 Å². The Bertz CT molecular complexity index is 480. The summed E-state index contributed by atoms with van der Waals surface area (Å²) in [5.41, 5.74) is 9.74. The number of hydrogen-bond donors (Lipinski definition) is 1. The van der Waals surface area contributed by atoms with E-state index < -0.39 is 0 Å². The molecule has 1 nitrogen and oxygen atoms in total. The van der Waals surface area contributed by atoms with Gasteiger partial charge < -0.3 is 5.73 Å². The number of rotatable bonds is 3. The van der Waals surface area contributed by atoms with Gasteiger partial charge in [-0.05, 0) is 79.7 Å². The van der Waals surface area contributed by atoms with Gasteiger partial charge in [0.25, 0.3) is 0 Å². The molecule has 0 radical (unpaired) electrons. The van der Waals surface area contributed by atoms with Crippen LogP contribution in [0.1, 0.15) is 49.7 Å². The minimum Gasteiger partial charge on any atom is -0.327 e. The topological polar surface area (TPSA) is 26.0 Å². The average molecular weight is 269 g/mol. The minimum absolute atomic E-state index is 0.438. The molecule has 0 aromatic heterocycles. The number of nitrogens with two attached hydrogens (primary N) is 1. The van der Waals surface area contributed by atoms with E-state index in [-0.39, 0.29) is 0 Å². The molecule has 1 aromatic rings. The fourth-order valence-corrected chi connectivity index (χ4v) is 5.30. The van der Waals surface area contributed by atoms with E-state index in [2.05, 4.69) is 24.3 Å². The van der Waals surface area contributed by atoms with Gasteiger partial charge in [-0.25, -0.2) is 0 Å². The molecular weight excluding hydrogens is 242 g/mol. The maximum atomic E-state index is 6.62. The summed E-state index contributed by atoms with van der Waals surface area (Å²) in [7, 11) is 0. The van der Waals surface area contributed by atoms with E-state index in [1.165, 1.54) is 51.4 Å².